The van der Waals surface area contributed by atoms with Gasteiger partial charge in [-0.1, -0.05) is 0 Å². The first-order valence-corrected chi connectivity index (χ1v) is 9.91. The van der Waals surface area contributed by atoms with Crippen molar-refractivity contribution in [2.75, 3.05) is 37.4 Å². The van der Waals surface area contributed by atoms with Gasteiger partial charge in [-0.25, -0.2) is 15.0 Å². The smallest absolute Gasteiger partial charge is 0.370 e. The molecule has 0 aliphatic carbocycles. The van der Waals surface area contributed by atoms with E-state index in [1.807, 2.05) is 25.1 Å². The Hall–Kier alpha value is -3.65. The fourth-order valence-corrected chi connectivity index (χ4v) is 3.67. The van der Waals surface area contributed by atoms with Crippen LogP contribution in [0.3, 0.4) is 0 Å². The summed E-state index contributed by atoms with van der Waals surface area (Å²) >= 11 is 0. The fourth-order valence-electron chi connectivity index (χ4n) is 3.67. The van der Waals surface area contributed by atoms with Crippen LogP contribution in [-0.2, 0) is 6.18 Å². The number of hydrogen-bond acceptors (Lipinski definition) is 7. The van der Waals surface area contributed by atoms with Crippen LogP contribution < -0.4 is 10.2 Å². The Labute approximate surface area is 182 Å². The second-order valence-electron chi connectivity index (χ2n) is 7.74. The summed E-state index contributed by atoms with van der Waals surface area (Å²) in [6, 6.07) is 6.56. The minimum absolute atomic E-state index is 0.0175. The number of likely N-dealkylation sites (N-methyl/N-ethyl adjacent to an activating group) is 1. The van der Waals surface area contributed by atoms with Crippen LogP contribution in [0, 0.1) is 11.3 Å². The molecule has 1 saturated heterocycles. The van der Waals surface area contributed by atoms with Gasteiger partial charge in [-0.05, 0) is 38.7 Å². The zero-order valence-electron chi connectivity index (χ0n) is 17.5. The summed E-state index contributed by atoms with van der Waals surface area (Å²) in [4.78, 5) is 16.1. The van der Waals surface area contributed by atoms with E-state index in [2.05, 4.69) is 25.2 Å². The van der Waals surface area contributed by atoms with E-state index in [1.165, 1.54) is 41.6 Å². The number of aromatic nitrogens is 4. The number of nitrogens with zero attached hydrogens (tertiary/aromatic N) is 7. The van der Waals surface area contributed by atoms with Crippen LogP contribution in [0.25, 0.3) is 5.69 Å². The first-order valence-electron chi connectivity index (χ1n) is 9.91. The van der Waals surface area contributed by atoms with Crippen molar-refractivity contribution in [3.63, 3.8) is 0 Å². The Kier molecular flexibility index (Phi) is 5.71. The summed E-state index contributed by atoms with van der Waals surface area (Å²) in [5.74, 6) is 0.625. The number of anilines is 3. The average Bonchev–Trinajstić information content (AvgIpc) is 3.43. The number of hydrogen-bond donors (Lipinski definition) is 1. The highest BCUT2D eigenvalue weighted by atomic mass is 19.4. The SMILES string of the molecule is CN(C)C1CCN(c2ccc(-n3cnc(Nc4cnc(C#N)cn4)c3)c(C(F)(F)F)c2)C1. The van der Waals surface area contributed by atoms with Crippen LogP contribution in [-0.4, -0.2) is 57.6 Å². The van der Waals surface area contributed by atoms with Gasteiger partial charge in [-0.3, -0.25) is 0 Å². The monoisotopic (exact) mass is 442 g/mol. The lowest BCUT2D eigenvalue weighted by Gasteiger charge is -2.23. The summed E-state index contributed by atoms with van der Waals surface area (Å²) in [5.41, 5.74) is -0.0378. The van der Waals surface area contributed by atoms with Gasteiger partial charge < -0.3 is 19.7 Å². The third kappa shape index (κ3) is 4.50. The summed E-state index contributed by atoms with van der Waals surface area (Å²) in [6.45, 7) is 1.40. The number of halogens is 3. The maximum Gasteiger partial charge on any atom is 0.418 e. The topological polar surface area (TPSA) is 85.9 Å². The van der Waals surface area contributed by atoms with Crippen molar-refractivity contribution in [2.24, 2.45) is 0 Å². The molecule has 8 nitrogen and oxygen atoms in total. The van der Waals surface area contributed by atoms with Gasteiger partial charge in [0.05, 0.1) is 29.8 Å². The van der Waals surface area contributed by atoms with Crippen LogP contribution in [0.4, 0.5) is 30.5 Å². The summed E-state index contributed by atoms with van der Waals surface area (Å²) in [5, 5.41) is 11.6. The summed E-state index contributed by atoms with van der Waals surface area (Å²) < 4.78 is 43.0. The van der Waals surface area contributed by atoms with Crippen LogP contribution in [0.2, 0.25) is 0 Å². The lowest BCUT2D eigenvalue weighted by atomic mass is 10.1. The molecule has 1 aliphatic heterocycles. The maximum absolute atomic E-state index is 13.9. The van der Waals surface area contributed by atoms with E-state index in [0.717, 1.165) is 6.42 Å². The molecule has 4 rings (SSSR count). The second-order valence-corrected chi connectivity index (χ2v) is 7.74. The molecule has 3 heterocycles. The van der Waals surface area contributed by atoms with E-state index in [9.17, 15) is 13.2 Å². The molecule has 0 radical (unpaired) electrons. The largest absolute Gasteiger partial charge is 0.418 e. The molecule has 0 saturated carbocycles. The zero-order chi connectivity index (χ0) is 22.9. The molecule has 1 N–H and O–H groups in total. The quantitative estimate of drug-likeness (QED) is 0.648. The van der Waals surface area contributed by atoms with E-state index in [0.29, 0.717) is 36.5 Å². The predicted octanol–water partition coefficient (Wildman–Crippen LogP) is 3.44. The molecule has 1 aliphatic rings. The molecule has 0 amide bonds. The van der Waals surface area contributed by atoms with Crippen molar-refractivity contribution in [3.8, 4) is 11.8 Å². The highest BCUT2D eigenvalue weighted by molar-refractivity contribution is 5.59. The fraction of sp³-hybridized carbons (Fsp3) is 0.333. The Bertz CT molecular complexity index is 1130. The molecule has 1 atom stereocenters. The van der Waals surface area contributed by atoms with Crippen molar-refractivity contribution < 1.29 is 13.2 Å². The van der Waals surface area contributed by atoms with Gasteiger partial charge in [0.2, 0.25) is 0 Å². The molecule has 166 valence electrons. The molecule has 0 spiro atoms. The molecule has 1 fully saturated rings. The van der Waals surface area contributed by atoms with Crippen LogP contribution in [0.15, 0.2) is 43.1 Å². The molecular weight excluding hydrogens is 421 g/mol. The zero-order valence-corrected chi connectivity index (χ0v) is 17.5. The molecule has 1 unspecified atom stereocenters. The van der Waals surface area contributed by atoms with Crippen molar-refractivity contribution in [1.82, 2.24) is 24.4 Å². The van der Waals surface area contributed by atoms with Gasteiger partial charge in [0.25, 0.3) is 0 Å². The standard InChI is InChI=1S/C21H21F3N8/c1-30(2)16-5-6-31(11-16)15-3-4-18(17(7-15)21(22,23)24)32-12-20(28-13-32)29-19-10-26-14(8-25)9-27-19/h3-4,7,9-10,12-13,16H,5-6,11H2,1-2H3,(H,27,29). The molecule has 32 heavy (non-hydrogen) atoms. The molecule has 2 aromatic heterocycles. The van der Waals surface area contributed by atoms with E-state index in [-0.39, 0.29) is 11.4 Å². The Morgan fingerprint density at radius 1 is 1.16 bits per heavy atom. The molecule has 11 heteroatoms. The van der Waals surface area contributed by atoms with Gasteiger partial charge >= 0.3 is 6.18 Å². The Morgan fingerprint density at radius 2 is 1.97 bits per heavy atom. The first-order chi connectivity index (χ1) is 15.2. The van der Waals surface area contributed by atoms with Crippen LogP contribution in [0.1, 0.15) is 17.7 Å². The second kappa shape index (κ2) is 8.47. The van der Waals surface area contributed by atoms with Crippen molar-refractivity contribution in [1.29, 1.82) is 5.26 Å². The predicted molar refractivity (Wildman–Crippen MR) is 113 cm³/mol. The van der Waals surface area contributed by atoms with Gasteiger partial charge in [-0.2, -0.15) is 18.4 Å². The van der Waals surface area contributed by atoms with Gasteiger partial charge in [-0.15, -0.1) is 0 Å². The van der Waals surface area contributed by atoms with Crippen LogP contribution >= 0.6 is 0 Å². The molecular formula is C21H21F3N8. The third-order valence-corrected chi connectivity index (χ3v) is 5.43. The van der Waals surface area contributed by atoms with Crippen molar-refractivity contribution in [3.05, 3.63) is 54.4 Å². The molecule has 3 aromatic rings. The van der Waals surface area contributed by atoms with Crippen molar-refractivity contribution in [2.45, 2.75) is 18.6 Å². The Morgan fingerprint density at radius 3 is 2.59 bits per heavy atom. The van der Waals surface area contributed by atoms with Gasteiger partial charge in [0.1, 0.15) is 24.0 Å². The number of rotatable bonds is 5. The highest BCUT2D eigenvalue weighted by Crippen LogP contribution is 2.37. The lowest BCUT2D eigenvalue weighted by Crippen LogP contribution is -2.31. The van der Waals surface area contributed by atoms with E-state index >= 15 is 0 Å². The number of imidazole rings is 1. The summed E-state index contributed by atoms with van der Waals surface area (Å²) in [6.07, 6.45) is 1.78. The van der Waals surface area contributed by atoms with E-state index < -0.39 is 11.7 Å². The van der Waals surface area contributed by atoms with Crippen molar-refractivity contribution >= 4 is 17.3 Å². The number of benzene rings is 1. The minimum atomic E-state index is -4.53. The lowest BCUT2D eigenvalue weighted by molar-refractivity contribution is -0.137. The maximum atomic E-state index is 13.9. The normalized spacial score (nSPS) is 16.4. The average molecular weight is 442 g/mol. The molecule has 0 bridgehead atoms. The van der Waals surface area contributed by atoms with Gasteiger partial charge in [0.15, 0.2) is 5.69 Å². The highest BCUT2D eigenvalue weighted by Gasteiger charge is 2.35. The van der Waals surface area contributed by atoms with Crippen LogP contribution in [0.5, 0.6) is 0 Å². The minimum Gasteiger partial charge on any atom is -0.370 e. The first kappa shape index (κ1) is 21.6. The number of alkyl halides is 3. The van der Waals surface area contributed by atoms with E-state index in [1.54, 1.807) is 6.07 Å². The van der Waals surface area contributed by atoms with Gasteiger partial charge in [0, 0.05) is 24.8 Å². The summed E-state index contributed by atoms with van der Waals surface area (Å²) in [7, 11) is 3.96. The third-order valence-electron chi connectivity index (χ3n) is 5.43. The van der Waals surface area contributed by atoms with E-state index in [4.69, 9.17) is 5.26 Å². The number of nitriles is 1. The number of nitrogens with one attached hydrogen (secondary N) is 1. The Balaban J connectivity index is 1.60. The molecule has 1 aromatic carbocycles.